The number of carbonyl (C=O) groups is 2. The molecule has 0 aromatic heterocycles. The summed E-state index contributed by atoms with van der Waals surface area (Å²) in [4.78, 5) is 22.5. The SMILES string of the molecule is CCCCN(CC)C(=O)C(=O)O. The van der Waals surface area contributed by atoms with Crippen LogP contribution in [0.25, 0.3) is 0 Å². The molecule has 4 heteroatoms. The van der Waals surface area contributed by atoms with E-state index in [9.17, 15) is 9.59 Å². The van der Waals surface area contributed by atoms with Crippen LogP contribution in [-0.2, 0) is 9.59 Å². The number of unbranched alkanes of at least 4 members (excludes halogenated alkanes) is 1. The molecule has 0 unspecified atom stereocenters. The number of nitrogens with zero attached hydrogens (tertiary/aromatic N) is 1. The van der Waals surface area contributed by atoms with Gasteiger partial charge in [-0.1, -0.05) is 13.3 Å². The van der Waals surface area contributed by atoms with E-state index in [4.69, 9.17) is 5.11 Å². The molecule has 0 aromatic rings. The largest absolute Gasteiger partial charge is 0.474 e. The zero-order chi connectivity index (χ0) is 9.56. The molecule has 0 aliphatic rings. The maximum Gasteiger partial charge on any atom is 0.394 e. The lowest BCUT2D eigenvalue weighted by molar-refractivity contribution is -0.155. The Kier molecular flexibility index (Phi) is 5.08. The topological polar surface area (TPSA) is 57.6 Å². The second kappa shape index (κ2) is 5.57. The van der Waals surface area contributed by atoms with Crippen LogP contribution in [-0.4, -0.2) is 35.0 Å². The summed E-state index contributed by atoms with van der Waals surface area (Å²) in [6.45, 7) is 4.78. The predicted molar refractivity (Wildman–Crippen MR) is 44.8 cm³/mol. The van der Waals surface area contributed by atoms with Gasteiger partial charge in [0, 0.05) is 13.1 Å². The number of carbonyl (C=O) groups excluding carboxylic acids is 1. The van der Waals surface area contributed by atoms with Crippen molar-refractivity contribution in [3.8, 4) is 0 Å². The van der Waals surface area contributed by atoms with E-state index >= 15 is 0 Å². The predicted octanol–water partition coefficient (Wildman–Crippen LogP) is 0.720. The van der Waals surface area contributed by atoms with Crippen molar-refractivity contribution in [2.24, 2.45) is 0 Å². The third kappa shape index (κ3) is 3.37. The van der Waals surface area contributed by atoms with Gasteiger partial charge in [-0.25, -0.2) is 4.79 Å². The lowest BCUT2D eigenvalue weighted by atomic mass is 10.3. The number of amides is 1. The van der Waals surface area contributed by atoms with Crippen molar-refractivity contribution in [3.05, 3.63) is 0 Å². The molecule has 0 saturated carbocycles. The molecule has 12 heavy (non-hydrogen) atoms. The van der Waals surface area contributed by atoms with Crippen molar-refractivity contribution in [2.45, 2.75) is 26.7 Å². The second-order valence-corrected chi connectivity index (χ2v) is 2.54. The molecule has 0 radical (unpaired) electrons. The normalized spacial score (nSPS) is 9.50. The fraction of sp³-hybridized carbons (Fsp3) is 0.750. The molecule has 0 aliphatic carbocycles. The molecule has 0 spiro atoms. The number of aliphatic carboxylic acids is 1. The van der Waals surface area contributed by atoms with E-state index < -0.39 is 11.9 Å². The summed E-state index contributed by atoms with van der Waals surface area (Å²) < 4.78 is 0. The summed E-state index contributed by atoms with van der Waals surface area (Å²) in [5, 5.41) is 8.39. The second-order valence-electron chi connectivity index (χ2n) is 2.54. The molecule has 1 N–H and O–H groups in total. The molecule has 70 valence electrons. The number of hydrogen-bond acceptors (Lipinski definition) is 2. The summed E-state index contributed by atoms with van der Waals surface area (Å²) in [7, 11) is 0. The maximum atomic E-state index is 10.9. The average molecular weight is 173 g/mol. The summed E-state index contributed by atoms with van der Waals surface area (Å²) in [6.07, 6.45) is 1.82. The third-order valence-corrected chi connectivity index (χ3v) is 1.63. The highest BCUT2D eigenvalue weighted by Gasteiger charge is 2.17. The Hall–Kier alpha value is -1.06. The Morgan fingerprint density at radius 2 is 1.92 bits per heavy atom. The minimum absolute atomic E-state index is 0.463. The summed E-state index contributed by atoms with van der Waals surface area (Å²) in [6, 6.07) is 0. The van der Waals surface area contributed by atoms with Gasteiger partial charge in [-0.15, -0.1) is 0 Å². The lowest BCUT2D eigenvalue weighted by Gasteiger charge is -2.17. The molecule has 0 rings (SSSR count). The molecule has 0 saturated heterocycles. The molecular weight excluding hydrogens is 158 g/mol. The highest BCUT2D eigenvalue weighted by Crippen LogP contribution is 1.95. The quantitative estimate of drug-likeness (QED) is 0.637. The van der Waals surface area contributed by atoms with E-state index in [1.54, 1.807) is 6.92 Å². The number of likely N-dealkylation sites (N-methyl/N-ethyl adjacent to an activating group) is 1. The molecule has 0 aromatic carbocycles. The average Bonchev–Trinajstić information content (AvgIpc) is 2.05. The van der Waals surface area contributed by atoms with E-state index in [0.29, 0.717) is 13.1 Å². The van der Waals surface area contributed by atoms with Crippen molar-refractivity contribution in [2.75, 3.05) is 13.1 Å². The van der Waals surface area contributed by atoms with Crippen LogP contribution in [0.4, 0.5) is 0 Å². The van der Waals surface area contributed by atoms with Crippen LogP contribution in [0.1, 0.15) is 26.7 Å². The zero-order valence-corrected chi connectivity index (χ0v) is 7.54. The number of carboxylic acid groups (broad SMARTS) is 1. The summed E-state index contributed by atoms with van der Waals surface area (Å²) in [5.41, 5.74) is 0. The first-order valence-electron chi connectivity index (χ1n) is 4.15. The zero-order valence-electron chi connectivity index (χ0n) is 7.54. The van der Waals surface area contributed by atoms with Crippen LogP contribution >= 0.6 is 0 Å². The van der Waals surface area contributed by atoms with E-state index in [0.717, 1.165) is 12.8 Å². The molecule has 0 atom stereocenters. The highest BCUT2D eigenvalue weighted by atomic mass is 16.4. The van der Waals surface area contributed by atoms with Crippen LogP contribution in [0.5, 0.6) is 0 Å². The Morgan fingerprint density at radius 1 is 1.33 bits per heavy atom. The van der Waals surface area contributed by atoms with Gasteiger partial charge in [0.15, 0.2) is 0 Å². The minimum atomic E-state index is -1.37. The van der Waals surface area contributed by atoms with Crippen molar-refractivity contribution in [3.63, 3.8) is 0 Å². The standard InChI is InChI=1S/C8H15NO3/c1-3-5-6-9(4-2)7(10)8(11)12/h3-6H2,1-2H3,(H,11,12). The fourth-order valence-electron chi connectivity index (χ4n) is 0.888. The number of carboxylic acids is 1. The minimum Gasteiger partial charge on any atom is -0.474 e. The number of rotatable bonds is 4. The fourth-order valence-corrected chi connectivity index (χ4v) is 0.888. The van der Waals surface area contributed by atoms with Gasteiger partial charge in [0.1, 0.15) is 0 Å². The first-order valence-corrected chi connectivity index (χ1v) is 4.15. The van der Waals surface area contributed by atoms with E-state index in [-0.39, 0.29) is 0 Å². The molecule has 0 heterocycles. The van der Waals surface area contributed by atoms with Gasteiger partial charge < -0.3 is 10.0 Å². The molecule has 0 bridgehead atoms. The number of hydrogen-bond donors (Lipinski definition) is 1. The third-order valence-electron chi connectivity index (χ3n) is 1.63. The smallest absolute Gasteiger partial charge is 0.394 e. The van der Waals surface area contributed by atoms with Crippen molar-refractivity contribution < 1.29 is 14.7 Å². The van der Waals surface area contributed by atoms with Crippen molar-refractivity contribution in [1.82, 2.24) is 4.90 Å². The van der Waals surface area contributed by atoms with Gasteiger partial charge in [-0.3, -0.25) is 4.79 Å². The molecule has 1 amide bonds. The van der Waals surface area contributed by atoms with Gasteiger partial charge >= 0.3 is 11.9 Å². The Balaban J connectivity index is 3.96. The Morgan fingerprint density at radius 3 is 2.25 bits per heavy atom. The van der Waals surface area contributed by atoms with Gasteiger partial charge in [-0.2, -0.15) is 0 Å². The Bertz CT molecular complexity index is 168. The summed E-state index contributed by atoms with van der Waals surface area (Å²) >= 11 is 0. The molecule has 4 nitrogen and oxygen atoms in total. The van der Waals surface area contributed by atoms with Crippen molar-refractivity contribution in [1.29, 1.82) is 0 Å². The lowest BCUT2D eigenvalue weighted by Crippen LogP contribution is -2.36. The van der Waals surface area contributed by atoms with Gasteiger partial charge in [-0.05, 0) is 13.3 Å². The monoisotopic (exact) mass is 173 g/mol. The van der Waals surface area contributed by atoms with Crippen LogP contribution in [0.15, 0.2) is 0 Å². The van der Waals surface area contributed by atoms with Crippen LogP contribution < -0.4 is 0 Å². The maximum absolute atomic E-state index is 10.9. The van der Waals surface area contributed by atoms with E-state index in [2.05, 4.69) is 0 Å². The molecule has 0 aliphatic heterocycles. The van der Waals surface area contributed by atoms with Crippen LogP contribution in [0.3, 0.4) is 0 Å². The van der Waals surface area contributed by atoms with Gasteiger partial charge in [0.2, 0.25) is 0 Å². The van der Waals surface area contributed by atoms with E-state index in [1.807, 2.05) is 6.92 Å². The van der Waals surface area contributed by atoms with Gasteiger partial charge in [0.05, 0.1) is 0 Å². The highest BCUT2D eigenvalue weighted by molar-refractivity contribution is 6.31. The van der Waals surface area contributed by atoms with Crippen LogP contribution in [0, 0.1) is 0 Å². The van der Waals surface area contributed by atoms with Crippen molar-refractivity contribution >= 4 is 11.9 Å². The van der Waals surface area contributed by atoms with Crippen LogP contribution in [0.2, 0.25) is 0 Å². The molecular formula is C8H15NO3. The first-order chi connectivity index (χ1) is 5.63. The van der Waals surface area contributed by atoms with E-state index in [1.165, 1.54) is 4.90 Å². The summed E-state index contributed by atoms with van der Waals surface area (Å²) in [5.74, 6) is -2.17. The Labute approximate surface area is 72.2 Å². The molecule has 0 fully saturated rings. The van der Waals surface area contributed by atoms with Gasteiger partial charge in [0.25, 0.3) is 0 Å². The first kappa shape index (κ1) is 10.9.